The number of carbonyl (C=O) groups excluding carboxylic acids is 3. The van der Waals surface area contributed by atoms with Crippen LogP contribution in [-0.4, -0.2) is 37.2 Å². The van der Waals surface area contributed by atoms with Crippen molar-refractivity contribution in [3.63, 3.8) is 0 Å². The Labute approximate surface area is 393 Å². The minimum absolute atomic E-state index is 0.105. The maximum Gasteiger partial charge on any atom is 0.306 e. The molecule has 0 aromatic rings. The van der Waals surface area contributed by atoms with Crippen molar-refractivity contribution in [3.8, 4) is 0 Å². The number of hydrogen-bond donors (Lipinski definition) is 0. The van der Waals surface area contributed by atoms with Gasteiger partial charge in [-0.25, -0.2) is 0 Å². The molecule has 6 nitrogen and oxygen atoms in total. The minimum Gasteiger partial charge on any atom is -0.462 e. The van der Waals surface area contributed by atoms with Crippen molar-refractivity contribution in [1.29, 1.82) is 0 Å². The molecule has 362 valence electrons. The molecule has 0 amide bonds. The topological polar surface area (TPSA) is 78.9 Å². The summed E-state index contributed by atoms with van der Waals surface area (Å²) in [5, 5.41) is 0. The number of esters is 3. The van der Waals surface area contributed by atoms with Gasteiger partial charge < -0.3 is 14.2 Å². The van der Waals surface area contributed by atoms with Crippen LogP contribution in [0.3, 0.4) is 0 Å². The molecule has 6 heteroatoms. The molecule has 0 spiro atoms. The number of allylic oxidation sites excluding steroid dienone is 18. The highest BCUT2D eigenvalue weighted by Crippen LogP contribution is 2.13. The van der Waals surface area contributed by atoms with Crippen molar-refractivity contribution in [2.24, 2.45) is 0 Å². The maximum atomic E-state index is 12.8. The van der Waals surface area contributed by atoms with Crippen LogP contribution in [0.2, 0.25) is 0 Å². The summed E-state index contributed by atoms with van der Waals surface area (Å²) in [6.07, 6.45) is 69.1. The first-order valence-electron chi connectivity index (χ1n) is 26.0. The fourth-order valence-corrected chi connectivity index (χ4v) is 6.61. The number of rotatable bonds is 45. The number of carbonyl (C=O) groups is 3. The molecule has 0 aliphatic carbocycles. The van der Waals surface area contributed by atoms with Crippen molar-refractivity contribution in [1.82, 2.24) is 0 Å². The molecule has 0 saturated heterocycles. The Morgan fingerprint density at radius 2 is 0.641 bits per heavy atom. The molecule has 0 aliphatic heterocycles. The highest BCUT2D eigenvalue weighted by Gasteiger charge is 2.19. The molecule has 1 atom stereocenters. The van der Waals surface area contributed by atoms with Crippen LogP contribution in [0.5, 0.6) is 0 Å². The van der Waals surface area contributed by atoms with Gasteiger partial charge in [-0.05, 0) is 83.5 Å². The molecule has 1 unspecified atom stereocenters. The van der Waals surface area contributed by atoms with Crippen LogP contribution in [0.1, 0.15) is 220 Å². The van der Waals surface area contributed by atoms with Crippen molar-refractivity contribution in [2.45, 2.75) is 226 Å². The SMILES string of the molecule is CCCCC=CC=CC=CCCCCCCCC(=O)OCC(COC(=O)CCCCCCCC=CCC=CC=CCCCC)OC(=O)CCCCCCCC=CC=CC=CCCCC. The van der Waals surface area contributed by atoms with E-state index < -0.39 is 6.10 Å². The Morgan fingerprint density at radius 3 is 1.05 bits per heavy atom. The number of ether oxygens (including phenoxy) is 3. The first kappa shape index (κ1) is 60.1. The highest BCUT2D eigenvalue weighted by atomic mass is 16.6. The Morgan fingerprint density at radius 1 is 0.328 bits per heavy atom. The summed E-state index contributed by atoms with van der Waals surface area (Å²) in [6, 6.07) is 0. The van der Waals surface area contributed by atoms with Crippen LogP contribution in [0.25, 0.3) is 0 Å². The highest BCUT2D eigenvalue weighted by molar-refractivity contribution is 5.71. The van der Waals surface area contributed by atoms with E-state index in [4.69, 9.17) is 14.2 Å². The molecule has 0 heterocycles. The van der Waals surface area contributed by atoms with Gasteiger partial charge in [0.15, 0.2) is 6.10 Å². The van der Waals surface area contributed by atoms with Gasteiger partial charge in [0.05, 0.1) is 0 Å². The van der Waals surface area contributed by atoms with Gasteiger partial charge in [-0.2, -0.15) is 0 Å². The van der Waals surface area contributed by atoms with Crippen molar-refractivity contribution >= 4 is 17.9 Å². The molecule has 0 aliphatic rings. The van der Waals surface area contributed by atoms with Crippen LogP contribution in [-0.2, 0) is 28.6 Å². The second-order valence-electron chi connectivity index (χ2n) is 16.9. The van der Waals surface area contributed by atoms with Gasteiger partial charge in [0.2, 0.25) is 0 Å². The summed E-state index contributed by atoms with van der Waals surface area (Å²) in [6.45, 7) is 6.42. The first-order valence-corrected chi connectivity index (χ1v) is 26.0. The fourth-order valence-electron chi connectivity index (χ4n) is 6.61. The number of hydrogen-bond acceptors (Lipinski definition) is 6. The molecule has 0 bridgehead atoms. The van der Waals surface area contributed by atoms with Gasteiger partial charge in [-0.1, -0.05) is 226 Å². The lowest BCUT2D eigenvalue weighted by molar-refractivity contribution is -0.167. The average Bonchev–Trinajstić information content (AvgIpc) is 3.29. The lowest BCUT2D eigenvalue weighted by atomic mass is 10.1. The third-order valence-corrected chi connectivity index (χ3v) is 10.6. The minimum atomic E-state index is -0.807. The zero-order chi connectivity index (χ0) is 46.5. The lowest BCUT2D eigenvalue weighted by Crippen LogP contribution is -2.30. The monoisotopic (exact) mass is 887 g/mol. The van der Waals surface area contributed by atoms with E-state index in [1.165, 1.54) is 38.5 Å². The van der Waals surface area contributed by atoms with Gasteiger partial charge in [-0.15, -0.1) is 0 Å². The second-order valence-corrected chi connectivity index (χ2v) is 16.9. The fraction of sp³-hybridized carbons (Fsp3) is 0.638. The van der Waals surface area contributed by atoms with Crippen LogP contribution in [0.4, 0.5) is 0 Å². The van der Waals surface area contributed by atoms with Crippen LogP contribution < -0.4 is 0 Å². The molecule has 0 radical (unpaired) electrons. The Balaban J connectivity index is 4.52. The zero-order valence-corrected chi connectivity index (χ0v) is 41.3. The molecule has 0 rings (SSSR count). The van der Waals surface area contributed by atoms with Crippen molar-refractivity contribution in [3.05, 3.63) is 109 Å². The van der Waals surface area contributed by atoms with E-state index in [9.17, 15) is 14.4 Å². The van der Waals surface area contributed by atoms with Gasteiger partial charge >= 0.3 is 17.9 Å². The predicted octanol–water partition coefficient (Wildman–Crippen LogP) is 17.1. The summed E-state index contributed by atoms with van der Waals surface area (Å²) in [7, 11) is 0. The summed E-state index contributed by atoms with van der Waals surface area (Å²) >= 11 is 0. The molecular weight excluding hydrogens is 793 g/mol. The van der Waals surface area contributed by atoms with Gasteiger partial charge in [0.1, 0.15) is 13.2 Å². The normalized spacial score (nSPS) is 13.0. The summed E-state index contributed by atoms with van der Waals surface area (Å²) in [5.41, 5.74) is 0. The van der Waals surface area contributed by atoms with Gasteiger partial charge in [-0.3, -0.25) is 14.4 Å². The summed E-state index contributed by atoms with van der Waals surface area (Å²) < 4.78 is 16.8. The van der Waals surface area contributed by atoms with E-state index >= 15 is 0 Å². The standard InChI is InChI=1S/C58H94O6/c1-4-7-10-13-16-19-22-25-28-31-33-36-39-42-45-48-51-57(60)63-54-55(64-58(61)52-49-46-43-40-37-34-30-27-24-21-18-15-12-9-6-3)53-62-56(59)50-47-44-41-38-35-32-29-26-23-20-17-14-11-8-5-2/h13-24,26-31,55H,4-12,25,32-54H2,1-3H3. The van der Waals surface area contributed by atoms with E-state index in [-0.39, 0.29) is 31.1 Å². The van der Waals surface area contributed by atoms with E-state index in [1.807, 2.05) is 0 Å². The van der Waals surface area contributed by atoms with Crippen molar-refractivity contribution in [2.75, 3.05) is 13.2 Å². The smallest absolute Gasteiger partial charge is 0.306 e. The second kappa shape index (κ2) is 51.7. The quantitative estimate of drug-likeness (QED) is 0.0199. The molecule has 0 aromatic carbocycles. The van der Waals surface area contributed by atoms with Crippen molar-refractivity contribution < 1.29 is 28.6 Å². The molecule has 64 heavy (non-hydrogen) atoms. The third kappa shape index (κ3) is 49.1. The summed E-state index contributed by atoms with van der Waals surface area (Å²) in [5.74, 6) is -0.966. The Bertz CT molecular complexity index is 1340. The van der Waals surface area contributed by atoms with Gasteiger partial charge in [0, 0.05) is 19.3 Å². The predicted molar refractivity (Wildman–Crippen MR) is 274 cm³/mol. The molecule has 0 saturated carbocycles. The third-order valence-electron chi connectivity index (χ3n) is 10.6. The van der Waals surface area contributed by atoms with E-state index in [0.29, 0.717) is 19.3 Å². The summed E-state index contributed by atoms with van der Waals surface area (Å²) in [4.78, 5) is 38.0. The molecule has 0 fully saturated rings. The van der Waals surface area contributed by atoms with Crippen LogP contribution in [0.15, 0.2) is 109 Å². The molecule has 0 aromatic heterocycles. The Hall–Kier alpha value is -3.93. The largest absolute Gasteiger partial charge is 0.462 e. The first-order chi connectivity index (χ1) is 31.5. The van der Waals surface area contributed by atoms with E-state index in [1.54, 1.807) is 0 Å². The lowest BCUT2D eigenvalue weighted by Gasteiger charge is -2.18. The van der Waals surface area contributed by atoms with Crippen LogP contribution in [0, 0.1) is 0 Å². The number of unbranched alkanes of at least 4 members (excludes halogenated alkanes) is 21. The average molecular weight is 887 g/mol. The Kier molecular flexibility index (Phi) is 48.5. The van der Waals surface area contributed by atoms with Gasteiger partial charge in [0.25, 0.3) is 0 Å². The van der Waals surface area contributed by atoms with E-state index in [0.717, 1.165) is 141 Å². The maximum absolute atomic E-state index is 12.8. The van der Waals surface area contributed by atoms with E-state index in [2.05, 4.69) is 130 Å². The zero-order valence-electron chi connectivity index (χ0n) is 41.3. The van der Waals surface area contributed by atoms with Crippen LogP contribution >= 0.6 is 0 Å². The molecule has 0 N–H and O–H groups in total. The molecular formula is C58H94O6.